The molecule has 0 aliphatic heterocycles. The molecule has 0 spiro atoms. The number of benzene rings is 1. The Morgan fingerprint density at radius 3 is 2.28 bits per heavy atom. The number of ketones is 1. The Balaban J connectivity index is 2.37. The molecule has 2 heteroatoms. The van der Waals surface area contributed by atoms with Crippen molar-refractivity contribution in [2.75, 3.05) is 7.11 Å². The summed E-state index contributed by atoms with van der Waals surface area (Å²) >= 11 is 0. The first-order valence-electron chi connectivity index (χ1n) is 6.71. The van der Waals surface area contributed by atoms with E-state index in [0.29, 0.717) is 11.7 Å². The molecule has 1 aliphatic carbocycles. The fraction of sp³-hybridized carbons (Fsp3) is 0.562. The van der Waals surface area contributed by atoms with Crippen molar-refractivity contribution < 1.29 is 9.53 Å². The van der Waals surface area contributed by atoms with Crippen LogP contribution in [0.4, 0.5) is 0 Å². The maximum Gasteiger partial charge on any atom is 0.132 e. The van der Waals surface area contributed by atoms with Crippen LogP contribution in [0.3, 0.4) is 0 Å². The van der Waals surface area contributed by atoms with Crippen molar-refractivity contribution in [1.29, 1.82) is 0 Å². The van der Waals surface area contributed by atoms with E-state index in [0.717, 1.165) is 31.4 Å². The van der Waals surface area contributed by atoms with Gasteiger partial charge in [-0.05, 0) is 61.8 Å². The van der Waals surface area contributed by atoms with E-state index in [9.17, 15) is 4.79 Å². The monoisotopic (exact) mass is 246 g/mol. The van der Waals surface area contributed by atoms with Gasteiger partial charge >= 0.3 is 0 Å². The predicted molar refractivity (Wildman–Crippen MR) is 73.4 cm³/mol. The average molecular weight is 246 g/mol. The van der Waals surface area contributed by atoms with Gasteiger partial charge in [0.15, 0.2) is 0 Å². The largest absolute Gasteiger partial charge is 0.496 e. The number of hydrogen-bond donors (Lipinski definition) is 0. The maximum atomic E-state index is 11.3. The molecule has 0 amide bonds. The first kappa shape index (κ1) is 13.1. The van der Waals surface area contributed by atoms with Gasteiger partial charge in [0.1, 0.15) is 11.5 Å². The van der Waals surface area contributed by atoms with Gasteiger partial charge in [-0.2, -0.15) is 0 Å². The molecule has 0 N–H and O–H groups in total. The second-order valence-corrected chi connectivity index (χ2v) is 5.38. The zero-order valence-corrected chi connectivity index (χ0v) is 11.8. The Hall–Kier alpha value is -1.31. The lowest BCUT2D eigenvalue weighted by Crippen LogP contribution is -2.14. The van der Waals surface area contributed by atoms with Gasteiger partial charge in [0.05, 0.1) is 7.11 Å². The lowest BCUT2D eigenvalue weighted by atomic mass is 9.80. The SMILES string of the molecule is COc1c(C)cc(C2CCC(=O)CC2)c(C)c1C. The van der Waals surface area contributed by atoms with Crippen molar-refractivity contribution >= 4 is 5.78 Å². The Morgan fingerprint density at radius 2 is 1.72 bits per heavy atom. The maximum absolute atomic E-state index is 11.3. The van der Waals surface area contributed by atoms with Crippen molar-refractivity contribution in [3.05, 3.63) is 28.3 Å². The highest BCUT2D eigenvalue weighted by Gasteiger charge is 2.23. The molecule has 18 heavy (non-hydrogen) atoms. The third-order valence-electron chi connectivity index (χ3n) is 4.25. The minimum absolute atomic E-state index is 0.422. The summed E-state index contributed by atoms with van der Waals surface area (Å²) in [4.78, 5) is 11.3. The quantitative estimate of drug-likeness (QED) is 0.792. The van der Waals surface area contributed by atoms with E-state index >= 15 is 0 Å². The minimum atomic E-state index is 0.422. The molecule has 2 nitrogen and oxygen atoms in total. The summed E-state index contributed by atoms with van der Waals surface area (Å²) in [5.74, 6) is 1.97. The lowest BCUT2D eigenvalue weighted by molar-refractivity contribution is -0.120. The fourth-order valence-corrected chi connectivity index (χ4v) is 3.08. The number of carbonyl (C=O) groups excluding carboxylic acids is 1. The fourth-order valence-electron chi connectivity index (χ4n) is 3.08. The molecule has 0 radical (unpaired) electrons. The molecule has 1 aliphatic rings. The van der Waals surface area contributed by atoms with Crippen molar-refractivity contribution in [2.45, 2.75) is 52.4 Å². The number of hydrogen-bond acceptors (Lipinski definition) is 2. The highest BCUT2D eigenvalue weighted by Crippen LogP contribution is 2.37. The Labute approximate surface area is 109 Å². The summed E-state index contributed by atoms with van der Waals surface area (Å²) in [6.45, 7) is 6.39. The summed E-state index contributed by atoms with van der Waals surface area (Å²) in [7, 11) is 1.73. The molecule has 0 saturated heterocycles. The minimum Gasteiger partial charge on any atom is -0.496 e. The number of aryl methyl sites for hydroxylation is 1. The zero-order valence-electron chi connectivity index (χ0n) is 11.8. The topological polar surface area (TPSA) is 26.3 Å². The molecule has 0 atom stereocenters. The average Bonchev–Trinajstić information content (AvgIpc) is 2.36. The highest BCUT2D eigenvalue weighted by molar-refractivity contribution is 5.79. The smallest absolute Gasteiger partial charge is 0.132 e. The Kier molecular flexibility index (Phi) is 3.74. The number of ether oxygens (including phenoxy) is 1. The van der Waals surface area contributed by atoms with Crippen molar-refractivity contribution in [2.24, 2.45) is 0 Å². The van der Waals surface area contributed by atoms with Crippen LogP contribution in [0.5, 0.6) is 5.75 Å². The van der Waals surface area contributed by atoms with Crippen molar-refractivity contribution in [3.8, 4) is 5.75 Å². The van der Waals surface area contributed by atoms with E-state index in [1.54, 1.807) is 7.11 Å². The molecule has 1 aromatic carbocycles. The van der Waals surface area contributed by atoms with Crippen LogP contribution in [0.25, 0.3) is 0 Å². The van der Waals surface area contributed by atoms with Crippen LogP contribution in [0, 0.1) is 20.8 Å². The van der Waals surface area contributed by atoms with E-state index in [1.165, 1.54) is 22.3 Å². The zero-order chi connectivity index (χ0) is 13.3. The van der Waals surface area contributed by atoms with Crippen LogP contribution in [0.2, 0.25) is 0 Å². The van der Waals surface area contributed by atoms with Gasteiger partial charge in [0.25, 0.3) is 0 Å². The Morgan fingerprint density at radius 1 is 1.11 bits per heavy atom. The molecule has 0 aromatic heterocycles. The van der Waals surface area contributed by atoms with Crippen LogP contribution >= 0.6 is 0 Å². The van der Waals surface area contributed by atoms with Gasteiger partial charge < -0.3 is 4.74 Å². The summed E-state index contributed by atoms with van der Waals surface area (Å²) in [5.41, 5.74) is 5.19. The molecule has 2 rings (SSSR count). The number of rotatable bonds is 2. The molecular weight excluding hydrogens is 224 g/mol. The molecule has 0 unspecified atom stereocenters. The second-order valence-electron chi connectivity index (χ2n) is 5.38. The van der Waals surface area contributed by atoms with Gasteiger partial charge in [-0.25, -0.2) is 0 Å². The van der Waals surface area contributed by atoms with E-state index in [-0.39, 0.29) is 0 Å². The van der Waals surface area contributed by atoms with Crippen LogP contribution in [0.1, 0.15) is 53.9 Å². The molecule has 1 fully saturated rings. The number of Topliss-reactive ketones (excluding diaryl/α,β-unsaturated/α-hetero) is 1. The van der Waals surface area contributed by atoms with Gasteiger partial charge in [0, 0.05) is 12.8 Å². The summed E-state index contributed by atoms with van der Waals surface area (Å²) in [6.07, 6.45) is 3.50. The predicted octanol–water partition coefficient (Wildman–Crippen LogP) is 3.85. The van der Waals surface area contributed by atoms with Crippen LogP contribution in [-0.2, 0) is 4.79 Å². The lowest BCUT2D eigenvalue weighted by Gasteiger charge is -2.25. The molecule has 1 aromatic rings. The first-order chi connectivity index (χ1) is 8.54. The summed E-state index contributed by atoms with van der Waals surface area (Å²) in [6, 6.07) is 2.25. The molecule has 1 saturated carbocycles. The normalized spacial score (nSPS) is 17.0. The van der Waals surface area contributed by atoms with E-state index in [4.69, 9.17) is 4.74 Å². The molecule has 0 heterocycles. The van der Waals surface area contributed by atoms with Gasteiger partial charge in [0.2, 0.25) is 0 Å². The molecular formula is C16H22O2. The van der Waals surface area contributed by atoms with E-state index in [1.807, 2.05) is 0 Å². The standard InChI is InChI=1S/C16H22O2/c1-10-9-15(11(2)12(3)16(10)18-4)13-5-7-14(17)8-6-13/h9,13H,5-8H2,1-4H3. The summed E-state index contributed by atoms with van der Waals surface area (Å²) < 4.78 is 5.46. The van der Waals surface area contributed by atoms with Gasteiger partial charge in [-0.1, -0.05) is 6.07 Å². The van der Waals surface area contributed by atoms with Crippen LogP contribution in [-0.4, -0.2) is 12.9 Å². The van der Waals surface area contributed by atoms with Gasteiger partial charge in [-0.3, -0.25) is 4.79 Å². The van der Waals surface area contributed by atoms with Crippen molar-refractivity contribution in [3.63, 3.8) is 0 Å². The first-order valence-corrected chi connectivity index (χ1v) is 6.71. The number of carbonyl (C=O) groups is 1. The number of methoxy groups -OCH3 is 1. The van der Waals surface area contributed by atoms with E-state index < -0.39 is 0 Å². The summed E-state index contributed by atoms with van der Waals surface area (Å²) in [5, 5.41) is 0. The second kappa shape index (κ2) is 5.13. The van der Waals surface area contributed by atoms with Crippen LogP contribution in [0.15, 0.2) is 6.07 Å². The van der Waals surface area contributed by atoms with Gasteiger partial charge in [-0.15, -0.1) is 0 Å². The third kappa shape index (κ3) is 2.29. The van der Waals surface area contributed by atoms with Crippen LogP contribution < -0.4 is 4.74 Å². The highest BCUT2D eigenvalue weighted by atomic mass is 16.5. The van der Waals surface area contributed by atoms with E-state index in [2.05, 4.69) is 26.8 Å². The molecule has 98 valence electrons. The Bertz CT molecular complexity index is 464. The molecule has 0 bridgehead atoms. The van der Waals surface area contributed by atoms with Crippen molar-refractivity contribution in [1.82, 2.24) is 0 Å². The third-order valence-corrected chi connectivity index (χ3v) is 4.25.